The monoisotopic (exact) mass is 408 g/mol. The highest BCUT2D eigenvalue weighted by atomic mass is 32.2. The van der Waals surface area contributed by atoms with Crippen molar-refractivity contribution in [1.29, 1.82) is 0 Å². The van der Waals surface area contributed by atoms with Gasteiger partial charge in [0.15, 0.2) is 6.61 Å². The summed E-state index contributed by atoms with van der Waals surface area (Å²) < 4.78 is 45.0. The number of hydrogen-bond donors (Lipinski definition) is 2. The molecule has 1 amide bonds. The molecule has 150 valence electrons. The number of benzene rings is 2. The largest absolute Gasteiger partial charge is 0.454 e. The van der Waals surface area contributed by atoms with Crippen LogP contribution in [-0.2, 0) is 30.9 Å². The quantitative estimate of drug-likeness (QED) is 0.647. The van der Waals surface area contributed by atoms with Gasteiger partial charge in [0, 0.05) is 12.1 Å². The molecule has 7 nitrogen and oxygen atoms in total. The Morgan fingerprint density at radius 3 is 2.39 bits per heavy atom. The van der Waals surface area contributed by atoms with Gasteiger partial charge in [-0.25, -0.2) is 12.8 Å². The molecule has 0 aromatic heterocycles. The van der Waals surface area contributed by atoms with Crippen LogP contribution in [0.2, 0.25) is 0 Å². The number of ether oxygens (including phenoxy) is 1. The summed E-state index contributed by atoms with van der Waals surface area (Å²) in [6, 6.07) is 10.9. The fraction of sp³-hybridized carbons (Fsp3) is 0.263. The molecule has 2 N–H and O–H groups in total. The van der Waals surface area contributed by atoms with Crippen molar-refractivity contribution < 1.29 is 27.1 Å². The van der Waals surface area contributed by atoms with Gasteiger partial charge in [-0.15, -0.1) is 0 Å². The number of amides is 1. The predicted octanol–water partition coefficient (Wildman–Crippen LogP) is 1.66. The first-order valence-electron chi connectivity index (χ1n) is 8.45. The van der Waals surface area contributed by atoms with Gasteiger partial charge in [0.2, 0.25) is 10.0 Å². The minimum Gasteiger partial charge on any atom is -0.454 e. The molecule has 9 heteroatoms. The number of hydrogen-bond acceptors (Lipinski definition) is 5. The summed E-state index contributed by atoms with van der Waals surface area (Å²) in [7, 11) is -3.90. The Labute approximate surface area is 163 Å². The van der Waals surface area contributed by atoms with E-state index in [9.17, 15) is 22.4 Å². The van der Waals surface area contributed by atoms with E-state index in [0.717, 1.165) is 5.56 Å². The highest BCUT2D eigenvalue weighted by molar-refractivity contribution is 7.89. The maximum atomic E-state index is 13.5. The highest BCUT2D eigenvalue weighted by Gasteiger charge is 2.23. The molecular weight excluding hydrogens is 387 g/mol. The number of nitrogens with one attached hydrogen (secondary N) is 2. The summed E-state index contributed by atoms with van der Waals surface area (Å²) in [5.41, 5.74) is 1.19. The lowest BCUT2D eigenvalue weighted by atomic mass is 10.2. The molecule has 0 saturated carbocycles. The number of halogens is 1. The van der Waals surface area contributed by atoms with Crippen LogP contribution in [0.15, 0.2) is 53.4 Å². The van der Waals surface area contributed by atoms with Gasteiger partial charge in [-0.1, -0.05) is 35.9 Å². The van der Waals surface area contributed by atoms with Crippen molar-refractivity contribution in [3.05, 3.63) is 65.5 Å². The predicted molar refractivity (Wildman–Crippen MR) is 100 cm³/mol. The van der Waals surface area contributed by atoms with Crippen molar-refractivity contribution >= 4 is 21.9 Å². The topological polar surface area (TPSA) is 102 Å². The fourth-order valence-electron chi connectivity index (χ4n) is 2.21. The van der Waals surface area contributed by atoms with E-state index < -0.39 is 40.4 Å². The molecule has 0 saturated heterocycles. The number of sulfonamides is 1. The maximum Gasteiger partial charge on any atom is 0.324 e. The van der Waals surface area contributed by atoms with Crippen molar-refractivity contribution in [2.24, 2.45) is 0 Å². The van der Waals surface area contributed by atoms with Crippen molar-refractivity contribution in [3.8, 4) is 0 Å². The van der Waals surface area contributed by atoms with Gasteiger partial charge in [0.25, 0.3) is 5.91 Å². The molecule has 0 spiro atoms. The van der Waals surface area contributed by atoms with Crippen LogP contribution in [0.25, 0.3) is 0 Å². The van der Waals surface area contributed by atoms with Crippen LogP contribution in [0.5, 0.6) is 0 Å². The van der Waals surface area contributed by atoms with Gasteiger partial charge < -0.3 is 10.1 Å². The van der Waals surface area contributed by atoms with Crippen molar-refractivity contribution in [1.82, 2.24) is 10.0 Å². The molecule has 0 fully saturated rings. The van der Waals surface area contributed by atoms with Crippen LogP contribution in [0.3, 0.4) is 0 Å². The third-order valence-electron chi connectivity index (χ3n) is 3.80. The van der Waals surface area contributed by atoms with Crippen LogP contribution in [0.1, 0.15) is 18.1 Å². The van der Waals surface area contributed by atoms with Crippen LogP contribution < -0.4 is 10.0 Å². The second kappa shape index (κ2) is 9.43. The number of aryl methyl sites for hydroxylation is 1. The number of rotatable bonds is 8. The molecule has 0 heterocycles. The van der Waals surface area contributed by atoms with Gasteiger partial charge in [-0.05, 0) is 32.0 Å². The average molecular weight is 408 g/mol. The van der Waals surface area contributed by atoms with Gasteiger partial charge in [0.1, 0.15) is 11.9 Å². The van der Waals surface area contributed by atoms with Crippen molar-refractivity contribution in [2.75, 3.05) is 6.61 Å². The summed E-state index contributed by atoms with van der Waals surface area (Å²) in [6.45, 7) is 2.47. The molecule has 0 aliphatic rings. The van der Waals surface area contributed by atoms with E-state index in [-0.39, 0.29) is 11.4 Å². The standard InChI is InChI=1S/C19H21FN2O5S/c1-13-7-9-16(10-8-13)28(25,26)22-14(2)19(24)27-12-18(23)21-11-15-5-3-4-6-17(15)20/h3-10,14,22H,11-12H2,1-2H3,(H,21,23)/t14-/m0/s1. The molecule has 0 aliphatic carbocycles. The molecule has 2 rings (SSSR count). The van der Waals surface area contributed by atoms with Crippen LogP contribution >= 0.6 is 0 Å². The molecular formula is C19H21FN2O5S. The third kappa shape index (κ3) is 6.14. The first-order chi connectivity index (χ1) is 13.2. The first-order valence-corrected chi connectivity index (χ1v) is 9.93. The summed E-state index contributed by atoms with van der Waals surface area (Å²) in [5.74, 6) is -2.00. The van der Waals surface area contributed by atoms with E-state index >= 15 is 0 Å². The van der Waals surface area contributed by atoms with E-state index in [2.05, 4.69) is 10.0 Å². The lowest BCUT2D eigenvalue weighted by molar-refractivity contribution is -0.149. The zero-order chi connectivity index (χ0) is 20.7. The Hall–Kier alpha value is -2.78. The smallest absolute Gasteiger partial charge is 0.324 e. The van der Waals surface area contributed by atoms with E-state index in [0.29, 0.717) is 5.56 Å². The minimum atomic E-state index is -3.90. The molecule has 2 aromatic carbocycles. The van der Waals surface area contributed by atoms with Gasteiger partial charge >= 0.3 is 5.97 Å². The Kier molecular flexibility index (Phi) is 7.24. The molecule has 1 atom stereocenters. The lowest BCUT2D eigenvalue weighted by Gasteiger charge is -2.14. The Morgan fingerprint density at radius 1 is 1.11 bits per heavy atom. The van der Waals surface area contributed by atoms with E-state index in [4.69, 9.17) is 4.74 Å². The van der Waals surface area contributed by atoms with Crippen LogP contribution in [0, 0.1) is 12.7 Å². The second-order valence-electron chi connectivity index (χ2n) is 6.13. The molecule has 2 aromatic rings. The van der Waals surface area contributed by atoms with E-state index in [1.807, 2.05) is 6.92 Å². The third-order valence-corrected chi connectivity index (χ3v) is 5.35. The molecule has 0 unspecified atom stereocenters. The van der Waals surface area contributed by atoms with E-state index in [1.165, 1.54) is 37.3 Å². The number of carbonyl (C=O) groups excluding carboxylic acids is 2. The summed E-state index contributed by atoms with van der Waals surface area (Å²) >= 11 is 0. The van der Waals surface area contributed by atoms with Crippen molar-refractivity contribution in [2.45, 2.75) is 31.3 Å². The maximum absolute atomic E-state index is 13.5. The van der Waals surface area contributed by atoms with Crippen LogP contribution in [-0.4, -0.2) is 32.9 Å². The SMILES string of the molecule is Cc1ccc(S(=O)(=O)N[C@@H](C)C(=O)OCC(=O)NCc2ccccc2F)cc1. The van der Waals surface area contributed by atoms with E-state index in [1.54, 1.807) is 18.2 Å². The zero-order valence-corrected chi connectivity index (χ0v) is 16.3. The highest BCUT2D eigenvalue weighted by Crippen LogP contribution is 2.11. The van der Waals surface area contributed by atoms with Gasteiger partial charge in [-0.2, -0.15) is 4.72 Å². The van der Waals surface area contributed by atoms with Gasteiger partial charge in [-0.3, -0.25) is 9.59 Å². The molecule has 28 heavy (non-hydrogen) atoms. The second-order valence-corrected chi connectivity index (χ2v) is 7.85. The number of carbonyl (C=O) groups is 2. The minimum absolute atomic E-state index is 0.0142. The summed E-state index contributed by atoms with van der Waals surface area (Å²) in [5, 5.41) is 2.42. The summed E-state index contributed by atoms with van der Waals surface area (Å²) in [4.78, 5) is 23.7. The Balaban J connectivity index is 1.82. The Bertz CT molecular complexity index is 945. The summed E-state index contributed by atoms with van der Waals surface area (Å²) in [6.07, 6.45) is 0. The van der Waals surface area contributed by atoms with Crippen LogP contribution in [0.4, 0.5) is 4.39 Å². The molecule has 0 bridgehead atoms. The van der Waals surface area contributed by atoms with Gasteiger partial charge in [0.05, 0.1) is 4.90 Å². The number of esters is 1. The lowest BCUT2D eigenvalue weighted by Crippen LogP contribution is -2.40. The normalized spacial score (nSPS) is 12.2. The average Bonchev–Trinajstić information content (AvgIpc) is 2.65. The molecule has 0 radical (unpaired) electrons. The zero-order valence-electron chi connectivity index (χ0n) is 15.4. The molecule has 0 aliphatic heterocycles. The first kappa shape index (κ1) is 21.5. The fourth-order valence-corrected chi connectivity index (χ4v) is 3.41. The van der Waals surface area contributed by atoms with Crippen molar-refractivity contribution in [3.63, 3.8) is 0 Å². The Morgan fingerprint density at radius 2 is 1.75 bits per heavy atom.